The highest BCUT2D eigenvalue weighted by molar-refractivity contribution is 7.99. The molecule has 0 saturated carbocycles. The van der Waals surface area contributed by atoms with Crippen molar-refractivity contribution >= 4 is 35.0 Å². The number of benzene rings is 2. The zero-order valence-corrected chi connectivity index (χ0v) is 13.8. The first kappa shape index (κ1) is 16.4. The van der Waals surface area contributed by atoms with E-state index in [0.29, 0.717) is 16.3 Å². The molecule has 0 atom stereocenters. The summed E-state index contributed by atoms with van der Waals surface area (Å²) >= 11 is 6.90. The van der Waals surface area contributed by atoms with E-state index in [9.17, 15) is 9.90 Å². The summed E-state index contributed by atoms with van der Waals surface area (Å²) in [5.74, 6) is 0.168. The van der Waals surface area contributed by atoms with Gasteiger partial charge in [-0.2, -0.15) is 0 Å². The molecule has 0 saturated heterocycles. The standard InChI is InChI=1S/C16H12ClN3O3S/c17-10-5-7-11(8-6-10)18-14(22)9-24-16-20-19-15(23-16)12-3-1-2-4-13(12)21/h1-8,21H,9H2,(H,18,22). The summed E-state index contributed by atoms with van der Waals surface area (Å²) in [5, 5.41) is 21.1. The highest BCUT2D eigenvalue weighted by atomic mass is 35.5. The van der Waals surface area contributed by atoms with Gasteiger partial charge in [-0.25, -0.2) is 0 Å². The molecule has 0 spiro atoms. The van der Waals surface area contributed by atoms with E-state index in [1.807, 2.05) is 0 Å². The van der Waals surface area contributed by atoms with Crippen molar-refractivity contribution in [3.8, 4) is 17.2 Å². The number of phenols is 1. The minimum absolute atomic E-state index is 0.0539. The van der Waals surface area contributed by atoms with Crippen LogP contribution in [0.15, 0.2) is 58.2 Å². The molecule has 1 amide bonds. The average Bonchev–Trinajstić information content (AvgIpc) is 3.04. The number of aromatic hydroxyl groups is 1. The van der Waals surface area contributed by atoms with Crippen LogP contribution in [-0.4, -0.2) is 27.0 Å². The molecule has 0 radical (unpaired) electrons. The third kappa shape index (κ3) is 4.06. The lowest BCUT2D eigenvalue weighted by atomic mass is 10.2. The number of aromatic nitrogens is 2. The molecule has 24 heavy (non-hydrogen) atoms. The maximum atomic E-state index is 11.9. The normalized spacial score (nSPS) is 10.5. The quantitative estimate of drug-likeness (QED) is 0.671. The lowest BCUT2D eigenvalue weighted by Gasteiger charge is -2.03. The number of thioether (sulfide) groups is 1. The Bertz CT molecular complexity index is 852. The molecular formula is C16H12ClN3O3S. The molecular weight excluding hydrogens is 350 g/mol. The maximum Gasteiger partial charge on any atom is 0.277 e. The second kappa shape index (κ2) is 7.37. The van der Waals surface area contributed by atoms with Gasteiger partial charge in [-0.15, -0.1) is 10.2 Å². The largest absolute Gasteiger partial charge is 0.507 e. The van der Waals surface area contributed by atoms with Gasteiger partial charge in [-0.3, -0.25) is 4.79 Å². The van der Waals surface area contributed by atoms with Gasteiger partial charge in [0.15, 0.2) is 0 Å². The summed E-state index contributed by atoms with van der Waals surface area (Å²) in [6.45, 7) is 0. The minimum Gasteiger partial charge on any atom is -0.507 e. The molecule has 2 N–H and O–H groups in total. The van der Waals surface area contributed by atoms with Crippen molar-refractivity contribution in [2.75, 3.05) is 11.1 Å². The number of anilines is 1. The minimum atomic E-state index is -0.204. The van der Waals surface area contributed by atoms with Gasteiger partial charge in [-0.1, -0.05) is 35.5 Å². The van der Waals surface area contributed by atoms with Gasteiger partial charge in [0.25, 0.3) is 11.1 Å². The van der Waals surface area contributed by atoms with Crippen LogP contribution in [0.3, 0.4) is 0 Å². The zero-order chi connectivity index (χ0) is 16.9. The molecule has 2 aromatic carbocycles. The number of carbonyl (C=O) groups is 1. The Hall–Kier alpha value is -2.51. The summed E-state index contributed by atoms with van der Waals surface area (Å²) in [4.78, 5) is 11.9. The van der Waals surface area contributed by atoms with Crippen LogP contribution in [0.1, 0.15) is 0 Å². The summed E-state index contributed by atoms with van der Waals surface area (Å²) in [6, 6.07) is 13.5. The van der Waals surface area contributed by atoms with Gasteiger partial charge < -0.3 is 14.8 Å². The molecule has 0 aliphatic heterocycles. The van der Waals surface area contributed by atoms with E-state index >= 15 is 0 Å². The predicted molar refractivity (Wildman–Crippen MR) is 92.2 cm³/mol. The highest BCUT2D eigenvalue weighted by Crippen LogP contribution is 2.29. The van der Waals surface area contributed by atoms with E-state index in [-0.39, 0.29) is 28.5 Å². The topological polar surface area (TPSA) is 88.2 Å². The Morgan fingerprint density at radius 3 is 2.67 bits per heavy atom. The first-order valence-electron chi connectivity index (χ1n) is 6.92. The van der Waals surface area contributed by atoms with Crippen molar-refractivity contribution in [2.45, 2.75) is 5.22 Å². The van der Waals surface area contributed by atoms with Crippen molar-refractivity contribution in [1.82, 2.24) is 10.2 Å². The molecule has 3 aromatic rings. The number of hydrogen-bond donors (Lipinski definition) is 2. The molecule has 1 heterocycles. The summed E-state index contributed by atoms with van der Waals surface area (Å²) < 4.78 is 5.45. The van der Waals surface area contributed by atoms with Crippen molar-refractivity contribution in [3.63, 3.8) is 0 Å². The number of halogens is 1. The number of nitrogens with one attached hydrogen (secondary N) is 1. The fourth-order valence-corrected chi connectivity index (χ4v) is 2.58. The Kier molecular flexibility index (Phi) is 5.02. The van der Waals surface area contributed by atoms with Crippen LogP contribution in [-0.2, 0) is 4.79 Å². The molecule has 3 rings (SSSR count). The highest BCUT2D eigenvalue weighted by Gasteiger charge is 2.13. The first-order chi connectivity index (χ1) is 11.6. The molecule has 122 valence electrons. The number of para-hydroxylation sites is 1. The number of carbonyl (C=O) groups excluding carboxylic acids is 1. The number of nitrogens with zero attached hydrogens (tertiary/aromatic N) is 2. The van der Waals surface area contributed by atoms with Crippen LogP contribution in [0.5, 0.6) is 5.75 Å². The summed E-state index contributed by atoms with van der Waals surface area (Å²) in [5.41, 5.74) is 1.10. The Morgan fingerprint density at radius 2 is 1.92 bits per heavy atom. The van der Waals surface area contributed by atoms with Crippen LogP contribution < -0.4 is 5.32 Å². The van der Waals surface area contributed by atoms with E-state index in [4.69, 9.17) is 16.0 Å². The lowest BCUT2D eigenvalue weighted by molar-refractivity contribution is -0.113. The second-order valence-electron chi connectivity index (χ2n) is 4.73. The maximum absolute atomic E-state index is 11.9. The third-order valence-corrected chi connectivity index (χ3v) is 4.07. The fraction of sp³-hybridized carbons (Fsp3) is 0.0625. The molecule has 0 unspecified atom stereocenters. The molecule has 8 heteroatoms. The number of hydrogen-bond acceptors (Lipinski definition) is 6. The molecule has 0 aliphatic carbocycles. The van der Waals surface area contributed by atoms with E-state index in [1.54, 1.807) is 42.5 Å². The molecule has 0 bridgehead atoms. The number of amides is 1. The Labute approximate surface area is 146 Å². The van der Waals surface area contributed by atoms with Crippen molar-refractivity contribution in [1.29, 1.82) is 0 Å². The number of rotatable bonds is 5. The monoisotopic (exact) mass is 361 g/mol. The van der Waals surface area contributed by atoms with E-state index in [0.717, 1.165) is 11.8 Å². The first-order valence-corrected chi connectivity index (χ1v) is 8.28. The van der Waals surface area contributed by atoms with Crippen molar-refractivity contribution < 1.29 is 14.3 Å². The van der Waals surface area contributed by atoms with Crippen LogP contribution in [0.25, 0.3) is 11.5 Å². The SMILES string of the molecule is O=C(CSc1nnc(-c2ccccc2O)o1)Nc1ccc(Cl)cc1. The van der Waals surface area contributed by atoms with Gasteiger partial charge in [0.2, 0.25) is 5.91 Å². The number of phenolic OH excluding ortho intramolecular Hbond substituents is 1. The van der Waals surface area contributed by atoms with E-state index in [2.05, 4.69) is 15.5 Å². The Morgan fingerprint density at radius 1 is 1.17 bits per heavy atom. The Balaban J connectivity index is 1.58. The average molecular weight is 362 g/mol. The summed E-state index contributed by atoms with van der Waals surface area (Å²) in [7, 11) is 0. The predicted octanol–water partition coefficient (Wildman–Crippen LogP) is 3.83. The zero-order valence-electron chi connectivity index (χ0n) is 12.3. The van der Waals surface area contributed by atoms with E-state index < -0.39 is 0 Å². The van der Waals surface area contributed by atoms with Gasteiger partial charge in [0, 0.05) is 10.7 Å². The molecule has 0 fully saturated rings. The molecule has 1 aromatic heterocycles. The van der Waals surface area contributed by atoms with Gasteiger partial charge in [0.1, 0.15) is 5.75 Å². The lowest BCUT2D eigenvalue weighted by Crippen LogP contribution is -2.13. The second-order valence-corrected chi connectivity index (χ2v) is 6.10. The fourth-order valence-electron chi connectivity index (χ4n) is 1.89. The smallest absolute Gasteiger partial charge is 0.277 e. The van der Waals surface area contributed by atoms with Crippen LogP contribution in [0, 0.1) is 0 Å². The van der Waals surface area contributed by atoms with Crippen LogP contribution in [0.2, 0.25) is 5.02 Å². The van der Waals surface area contributed by atoms with Gasteiger partial charge >= 0.3 is 0 Å². The van der Waals surface area contributed by atoms with E-state index in [1.165, 1.54) is 6.07 Å². The summed E-state index contributed by atoms with van der Waals surface area (Å²) in [6.07, 6.45) is 0. The van der Waals surface area contributed by atoms with Crippen LogP contribution >= 0.6 is 23.4 Å². The van der Waals surface area contributed by atoms with Crippen molar-refractivity contribution in [3.05, 3.63) is 53.6 Å². The van der Waals surface area contributed by atoms with Crippen molar-refractivity contribution in [2.24, 2.45) is 0 Å². The van der Waals surface area contributed by atoms with Gasteiger partial charge in [0.05, 0.1) is 11.3 Å². The molecule has 0 aliphatic rings. The van der Waals surface area contributed by atoms with Gasteiger partial charge in [-0.05, 0) is 36.4 Å². The third-order valence-electron chi connectivity index (χ3n) is 3.00. The van der Waals surface area contributed by atoms with Crippen LogP contribution in [0.4, 0.5) is 5.69 Å². The molecule has 6 nitrogen and oxygen atoms in total.